The van der Waals surface area contributed by atoms with Crippen LogP contribution in [0.3, 0.4) is 0 Å². The molecule has 0 heterocycles. The van der Waals surface area contributed by atoms with E-state index >= 15 is 0 Å². The van der Waals surface area contributed by atoms with E-state index in [9.17, 15) is 8.42 Å². The quantitative estimate of drug-likeness (QED) is 0.507. The number of nitriles is 2. The zero-order chi connectivity index (χ0) is 9.61. The van der Waals surface area contributed by atoms with Gasteiger partial charge in [-0.05, 0) is 6.42 Å². The first-order valence-electron chi connectivity index (χ1n) is 3.21. The Labute approximate surface area is 99.4 Å². The average Bonchev–Trinajstić information content (AvgIpc) is 1.96. The van der Waals surface area contributed by atoms with Gasteiger partial charge in [-0.3, -0.25) is 4.55 Å². The molecule has 1 unspecified atom stereocenters. The molecule has 0 aromatic carbocycles. The van der Waals surface area contributed by atoms with Gasteiger partial charge in [0.2, 0.25) is 0 Å². The minimum atomic E-state index is -4.01. The van der Waals surface area contributed by atoms with Crippen LogP contribution in [-0.2, 0) is 10.1 Å². The van der Waals surface area contributed by atoms with Crippen LogP contribution >= 0.6 is 0 Å². The van der Waals surface area contributed by atoms with Crippen LogP contribution < -0.4 is 0 Å². The third-order valence-electron chi connectivity index (χ3n) is 1.24. The van der Waals surface area contributed by atoms with Gasteiger partial charge in [0.15, 0.2) is 0 Å². The molecule has 0 saturated heterocycles. The van der Waals surface area contributed by atoms with Gasteiger partial charge in [0.1, 0.15) is 0 Å². The Kier molecular flexibility index (Phi) is 8.64. The summed E-state index contributed by atoms with van der Waals surface area (Å²) in [6, 6.07) is 3.53. The first-order valence-corrected chi connectivity index (χ1v) is 4.82. The first kappa shape index (κ1) is 15.4. The summed E-state index contributed by atoms with van der Waals surface area (Å²) in [5.41, 5.74) is 0. The van der Waals surface area contributed by atoms with Gasteiger partial charge in [-0.15, -0.1) is 0 Å². The third kappa shape index (κ3) is 9.81. The molecule has 0 aromatic rings. The van der Waals surface area contributed by atoms with Crippen LogP contribution in [0, 0.1) is 28.6 Å². The number of nitrogens with zero attached hydrogens (tertiary/aromatic N) is 2. The molecule has 0 radical (unpaired) electrons. The van der Waals surface area contributed by atoms with Gasteiger partial charge >= 0.3 is 29.6 Å². The Morgan fingerprint density at radius 3 is 2.23 bits per heavy atom. The molecule has 1 atom stereocenters. The van der Waals surface area contributed by atoms with Crippen molar-refractivity contribution in [2.24, 2.45) is 5.92 Å². The van der Waals surface area contributed by atoms with Crippen LogP contribution in [0.4, 0.5) is 0 Å². The Balaban J connectivity index is 0. The van der Waals surface area contributed by atoms with Crippen LogP contribution in [0.2, 0.25) is 0 Å². The van der Waals surface area contributed by atoms with Crippen LogP contribution in [-0.4, -0.2) is 48.3 Å². The maximum absolute atomic E-state index is 10.2. The van der Waals surface area contributed by atoms with Gasteiger partial charge in [0, 0.05) is 0 Å². The summed E-state index contributed by atoms with van der Waals surface area (Å²) in [6.07, 6.45) is -0.00505. The van der Waals surface area contributed by atoms with E-state index < -0.39 is 21.8 Å². The van der Waals surface area contributed by atoms with Crippen molar-refractivity contribution in [2.45, 2.75) is 12.8 Å². The van der Waals surface area contributed by atoms with Crippen molar-refractivity contribution in [3.63, 3.8) is 0 Å². The van der Waals surface area contributed by atoms with Crippen molar-refractivity contribution in [3.05, 3.63) is 0 Å². The van der Waals surface area contributed by atoms with E-state index in [1.807, 2.05) is 0 Å². The summed E-state index contributed by atoms with van der Waals surface area (Å²) >= 11 is 0. The van der Waals surface area contributed by atoms with Crippen molar-refractivity contribution >= 4 is 39.7 Å². The fourth-order valence-corrected chi connectivity index (χ4v) is 1.20. The third-order valence-corrected chi connectivity index (χ3v) is 2.00. The second-order valence-electron chi connectivity index (χ2n) is 2.26. The standard InChI is InChI=1S/C6H8N2O3S.Na.H/c7-3-1-6(5-8)2-4-12(9,10)11;;/h6H,1-2,4H2,(H,9,10,11);;. The minimum absolute atomic E-state index is 0. The van der Waals surface area contributed by atoms with Gasteiger partial charge in [0.05, 0.1) is 30.2 Å². The number of rotatable bonds is 4. The molecular formula is C6H9N2NaO3S. The molecular weight excluding hydrogens is 203 g/mol. The first-order chi connectivity index (χ1) is 5.49. The Morgan fingerprint density at radius 1 is 1.38 bits per heavy atom. The molecule has 68 valence electrons. The Morgan fingerprint density at radius 2 is 1.92 bits per heavy atom. The molecule has 0 aromatic heterocycles. The summed E-state index contributed by atoms with van der Waals surface area (Å²) in [6.45, 7) is 0. The summed E-state index contributed by atoms with van der Waals surface area (Å²) < 4.78 is 28.7. The molecule has 0 saturated carbocycles. The summed E-state index contributed by atoms with van der Waals surface area (Å²) in [5.74, 6) is -1.08. The normalized spacial score (nSPS) is 11.9. The van der Waals surface area contributed by atoms with Crippen molar-refractivity contribution in [3.8, 4) is 12.1 Å². The predicted octanol–water partition coefficient (Wildman–Crippen LogP) is -0.331. The van der Waals surface area contributed by atoms with Crippen molar-refractivity contribution in [1.29, 1.82) is 10.5 Å². The summed E-state index contributed by atoms with van der Waals surface area (Å²) in [4.78, 5) is 0. The Bertz CT molecular complexity index is 314. The SMILES string of the molecule is N#CCC(C#N)CCS(=O)(=O)O.[NaH]. The zero-order valence-corrected chi connectivity index (χ0v) is 7.08. The fourth-order valence-electron chi connectivity index (χ4n) is 0.614. The number of hydrogen-bond donors (Lipinski definition) is 1. The predicted molar refractivity (Wildman–Crippen MR) is 47.5 cm³/mol. The molecule has 7 heteroatoms. The Hall–Kier alpha value is -0.110. The van der Waals surface area contributed by atoms with E-state index in [0.717, 1.165) is 0 Å². The van der Waals surface area contributed by atoms with E-state index in [-0.39, 0.29) is 42.4 Å². The van der Waals surface area contributed by atoms with E-state index in [2.05, 4.69) is 0 Å². The molecule has 5 nitrogen and oxygen atoms in total. The fraction of sp³-hybridized carbons (Fsp3) is 0.667. The number of hydrogen-bond acceptors (Lipinski definition) is 4. The van der Waals surface area contributed by atoms with Gasteiger partial charge in [-0.2, -0.15) is 18.9 Å². The molecule has 13 heavy (non-hydrogen) atoms. The van der Waals surface area contributed by atoms with Crippen LogP contribution in [0.25, 0.3) is 0 Å². The topological polar surface area (TPSA) is 102 Å². The molecule has 1 N–H and O–H groups in total. The summed E-state index contributed by atoms with van der Waals surface area (Å²) in [5, 5.41) is 16.6. The van der Waals surface area contributed by atoms with Crippen molar-refractivity contribution in [2.75, 3.05) is 5.75 Å². The van der Waals surface area contributed by atoms with Crippen LogP contribution in [0.5, 0.6) is 0 Å². The van der Waals surface area contributed by atoms with Crippen molar-refractivity contribution in [1.82, 2.24) is 0 Å². The van der Waals surface area contributed by atoms with Gasteiger partial charge < -0.3 is 0 Å². The zero-order valence-electron chi connectivity index (χ0n) is 6.27. The molecule has 0 aliphatic carbocycles. The molecule has 0 spiro atoms. The molecule has 0 fully saturated rings. The van der Waals surface area contributed by atoms with Crippen LogP contribution in [0.15, 0.2) is 0 Å². The van der Waals surface area contributed by atoms with Gasteiger partial charge in [-0.1, -0.05) is 0 Å². The van der Waals surface area contributed by atoms with Gasteiger partial charge in [-0.25, -0.2) is 0 Å². The molecule has 0 amide bonds. The van der Waals surface area contributed by atoms with Crippen LogP contribution in [0.1, 0.15) is 12.8 Å². The molecule has 0 aliphatic heterocycles. The molecule has 0 rings (SSSR count). The van der Waals surface area contributed by atoms with Crippen molar-refractivity contribution < 1.29 is 13.0 Å². The maximum atomic E-state index is 10.2. The second-order valence-corrected chi connectivity index (χ2v) is 3.84. The second kappa shape index (κ2) is 7.31. The molecule has 0 aliphatic rings. The van der Waals surface area contributed by atoms with E-state index in [1.54, 1.807) is 12.1 Å². The van der Waals surface area contributed by atoms with Gasteiger partial charge in [0.25, 0.3) is 10.1 Å². The summed E-state index contributed by atoms with van der Waals surface area (Å²) in [7, 11) is -4.01. The van der Waals surface area contributed by atoms with E-state index in [0.29, 0.717) is 0 Å². The average molecular weight is 212 g/mol. The monoisotopic (exact) mass is 212 g/mol. The van der Waals surface area contributed by atoms with E-state index in [4.69, 9.17) is 15.1 Å². The molecule has 0 bridgehead atoms. The van der Waals surface area contributed by atoms with E-state index in [1.165, 1.54) is 0 Å².